The number of carbonyl (C=O) groups is 3. The van der Waals surface area contributed by atoms with E-state index in [1.807, 2.05) is 54.6 Å². The maximum atomic E-state index is 13.8. The Kier molecular flexibility index (Phi) is 10.9. The first-order valence-electron chi connectivity index (χ1n) is 16.6. The fourth-order valence-electron chi connectivity index (χ4n) is 6.21. The number of allylic oxidation sites excluding steroid dienone is 1. The average molecular weight is 738 g/mol. The number of anilines is 1. The number of benzene rings is 3. The maximum Gasteiger partial charge on any atom is 0.356 e. The number of β-lactam (4-membered cyclic amide) rings is 1. The lowest BCUT2D eigenvalue weighted by Gasteiger charge is -2.50. The van der Waals surface area contributed by atoms with Crippen LogP contribution in [0.3, 0.4) is 0 Å². The van der Waals surface area contributed by atoms with E-state index in [4.69, 9.17) is 14.6 Å². The molecule has 0 aliphatic carbocycles. The standard InChI is InChI=1S/C39H39N5O6S2/c1-38(2,3)50-36(48)33-30(21-14-22-45)51-24-29-32(35(47)44(29)33)41-34(46)31(43-49-4)28-23-52-37(40-28)42-39(25-15-8-5-9-16-25,26-17-10-6-11-18-26)27-19-12-7-13-20-27/h5-21,23,29,32,45H,22,24H2,1-4H3,(H,40,42)(H,41,46). The number of hydrogen-bond acceptors (Lipinski definition) is 11. The predicted octanol–water partition coefficient (Wildman–Crippen LogP) is 5.44. The summed E-state index contributed by atoms with van der Waals surface area (Å²) in [7, 11) is 1.33. The Bertz CT molecular complexity index is 1910. The summed E-state index contributed by atoms with van der Waals surface area (Å²) in [6.45, 7) is 4.99. The minimum atomic E-state index is -0.930. The van der Waals surface area contributed by atoms with Crippen molar-refractivity contribution >= 4 is 51.7 Å². The Hall–Kier alpha value is -5.24. The highest BCUT2D eigenvalue weighted by atomic mass is 32.2. The van der Waals surface area contributed by atoms with Crippen molar-refractivity contribution in [2.75, 3.05) is 24.8 Å². The van der Waals surface area contributed by atoms with Gasteiger partial charge in [0.1, 0.15) is 35.7 Å². The van der Waals surface area contributed by atoms with E-state index in [1.165, 1.54) is 41.2 Å². The Morgan fingerprint density at radius 1 is 0.981 bits per heavy atom. The zero-order valence-electron chi connectivity index (χ0n) is 29.1. The van der Waals surface area contributed by atoms with Crippen molar-refractivity contribution in [3.8, 4) is 0 Å². The fraction of sp³-hybridized carbons (Fsp3) is 0.256. The number of hydrogen-bond donors (Lipinski definition) is 3. The molecule has 13 heteroatoms. The van der Waals surface area contributed by atoms with Crippen LogP contribution in [0.15, 0.2) is 124 Å². The third-order valence-electron chi connectivity index (χ3n) is 8.42. The second kappa shape index (κ2) is 15.6. The highest BCUT2D eigenvalue weighted by molar-refractivity contribution is 8.03. The molecule has 1 saturated heterocycles. The van der Waals surface area contributed by atoms with E-state index in [0.717, 1.165) is 16.7 Å². The van der Waals surface area contributed by atoms with Crippen molar-refractivity contribution < 1.29 is 29.1 Å². The zero-order chi connectivity index (χ0) is 36.9. The lowest BCUT2D eigenvalue weighted by molar-refractivity contribution is -0.160. The lowest BCUT2D eigenvalue weighted by atomic mass is 9.77. The normalized spacial score (nSPS) is 17.8. The van der Waals surface area contributed by atoms with Crippen LogP contribution in [-0.4, -0.2) is 75.6 Å². The van der Waals surface area contributed by atoms with Crippen molar-refractivity contribution in [1.29, 1.82) is 0 Å². The first-order valence-corrected chi connectivity index (χ1v) is 18.5. The van der Waals surface area contributed by atoms with Gasteiger partial charge in [0.25, 0.3) is 11.8 Å². The number of carbonyl (C=O) groups excluding carboxylic acids is 3. The minimum Gasteiger partial charge on any atom is -0.455 e. The molecular weight excluding hydrogens is 699 g/mol. The van der Waals surface area contributed by atoms with Gasteiger partial charge in [-0.25, -0.2) is 9.78 Å². The molecule has 2 aliphatic rings. The number of amides is 2. The van der Waals surface area contributed by atoms with Gasteiger partial charge in [-0.15, -0.1) is 23.1 Å². The first-order chi connectivity index (χ1) is 25.1. The second-order valence-electron chi connectivity index (χ2n) is 13.0. The highest BCUT2D eigenvalue weighted by Crippen LogP contribution is 2.42. The fourth-order valence-corrected chi connectivity index (χ4v) is 8.16. The molecule has 0 saturated carbocycles. The summed E-state index contributed by atoms with van der Waals surface area (Å²) in [6, 6.07) is 28.8. The Balaban J connectivity index is 1.28. The molecule has 1 fully saturated rings. The van der Waals surface area contributed by atoms with Gasteiger partial charge in [-0.1, -0.05) is 102 Å². The summed E-state index contributed by atoms with van der Waals surface area (Å²) in [5.74, 6) is -1.39. The number of oxime groups is 1. The molecule has 0 bridgehead atoms. The number of aromatic nitrogens is 1. The number of rotatable bonds is 12. The van der Waals surface area contributed by atoms with Gasteiger partial charge >= 0.3 is 5.97 Å². The predicted molar refractivity (Wildman–Crippen MR) is 203 cm³/mol. The molecule has 268 valence electrons. The maximum absolute atomic E-state index is 13.8. The molecule has 3 N–H and O–H groups in total. The molecular formula is C39H39N5O6S2. The van der Waals surface area contributed by atoms with Gasteiger partial charge in [-0.2, -0.15) is 0 Å². The number of aliphatic hydroxyl groups excluding tert-OH is 1. The summed E-state index contributed by atoms with van der Waals surface area (Å²) < 4.78 is 5.62. The van der Waals surface area contributed by atoms with Crippen molar-refractivity contribution in [2.24, 2.45) is 5.16 Å². The van der Waals surface area contributed by atoms with Crippen LogP contribution in [0.1, 0.15) is 43.2 Å². The van der Waals surface area contributed by atoms with Gasteiger partial charge < -0.3 is 25.3 Å². The largest absolute Gasteiger partial charge is 0.455 e. The number of thiazole rings is 1. The van der Waals surface area contributed by atoms with E-state index in [2.05, 4.69) is 52.2 Å². The SMILES string of the molecule is CON=C(C(=O)NC1C(=O)N2C(C(=O)OC(C)(C)C)=C(C=CCO)SCC12)c1csc(NC(c2ccccc2)(c2ccccc2)c2ccccc2)n1. The molecule has 6 rings (SSSR count). The van der Waals surface area contributed by atoms with Crippen LogP contribution in [0, 0.1) is 0 Å². The monoisotopic (exact) mass is 737 g/mol. The van der Waals surface area contributed by atoms with Gasteiger partial charge in [0.2, 0.25) is 0 Å². The Morgan fingerprint density at radius 2 is 1.56 bits per heavy atom. The molecule has 4 aromatic rings. The quantitative estimate of drug-likeness (QED) is 0.0570. The number of esters is 1. The van der Waals surface area contributed by atoms with Gasteiger partial charge in [0.05, 0.1) is 12.6 Å². The molecule has 2 atom stereocenters. The summed E-state index contributed by atoms with van der Waals surface area (Å²) in [5.41, 5.74) is 1.54. The van der Waals surface area contributed by atoms with Crippen LogP contribution >= 0.6 is 23.1 Å². The van der Waals surface area contributed by atoms with Gasteiger partial charge in [0.15, 0.2) is 10.8 Å². The van der Waals surface area contributed by atoms with Crippen LogP contribution in [0.25, 0.3) is 0 Å². The smallest absolute Gasteiger partial charge is 0.356 e. The molecule has 0 radical (unpaired) electrons. The van der Waals surface area contributed by atoms with E-state index in [-0.39, 0.29) is 23.7 Å². The zero-order valence-corrected chi connectivity index (χ0v) is 30.7. The highest BCUT2D eigenvalue weighted by Gasteiger charge is 2.54. The molecule has 2 aliphatic heterocycles. The van der Waals surface area contributed by atoms with Crippen LogP contribution in [0.5, 0.6) is 0 Å². The van der Waals surface area contributed by atoms with Gasteiger partial charge in [-0.3, -0.25) is 14.5 Å². The first kappa shape index (κ1) is 36.5. The second-order valence-corrected chi connectivity index (χ2v) is 14.9. The molecule has 2 unspecified atom stereocenters. The van der Waals surface area contributed by atoms with Crippen molar-refractivity contribution in [3.05, 3.63) is 142 Å². The number of fused-ring (bicyclic) bond motifs is 1. The molecule has 2 amide bonds. The van der Waals surface area contributed by atoms with Gasteiger partial charge in [-0.05, 0) is 43.5 Å². The minimum absolute atomic E-state index is 0.0797. The van der Waals surface area contributed by atoms with Crippen molar-refractivity contribution in [2.45, 2.75) is 44.0 Å². The summed E-state index contributed by atoms with van der Waals surface area (Å²) in [6.07, 6.45) is 3.09. The summed E-state index contributed by atoms with van der Waals surface area (Å²) >= 11 is 2.65. The van der Waals surface area contributed by atoms with Gasteiger partial charge in [0, 0.05) is 16.0 Å². The molecule has 3 aromatic carbocycles. The topological polar surface area (TPSA) is 142 Å². The molecule has 52 heavy (non-hydrogen) atoms. The van der Waals surface area contributed by atoms with Crippen molar-refractivity contribution in [3.63, 3.8) is 0 Å². The van der Waals surface area contributed by atoms with Crippen LogP contribution in [0.2, 0.25) is 0 Å². The molecule has 0 spiro atoms. The summed E-state index contributed by atoms with van der Waals surface area (Å²) in [4.78, 5) is 52.5. The van der Waals surface area contributed by atoms with Crippen molar-refractivity contribution in [1.82, 2.24) is 15.2 Å². The third kappa shape index (κ3) is 7.38. The third-order valence-corrected chi connectivity index (χ3v) is 10.3. The number of nitrogens with zero attached hydrogens (tertiary/aromatic N) is 3. The number of aliphatic hydroxyl groups is 1. The number of nitrogens with one attached hydrogen (secondary N) is 2. The van der Waals surface area contributed by atoms with E-state index < -0.39 is 41.0 Å². The lowest BCUT2D eigenvalue weighted by Crippen LogP contribution is -2.73. The average Bonchev–Trinajstić information content (AvgIpc) is 3.61. The Morgan fingerprint density at radius 3 is 2.08 bits per heavy atom. The van der Waals surface area contributed by atoms with Crippen LogP contribution < -0.4 is 10.6 Å². The van der Waals surface area contributed by atoms with Crippen LogP contribution in [0.4, 0.5) is 5.13 Å². The summed E-state index contributed by atoms with van der Waals surface area (Å²) in [5, 5.41) is 22.1. The van der Waals surface area contributed by atoms with E-state index in [1.54, 1.807) is 32.2 Å². The molecule has 3 heterocycles. The number of ether oxygens (including phenoxy) is 1. The van der Waals surface area contributed by atoms with E-state index >= 15 is 0 Å². The molecule has 1 aromatic heterocycles. The van der Waals surface area contributed by atoms with E-state index in [0.29, 0.717) is 15.8 Å². The molecule has 11 nitrogen and oxygen atoms in total. The van der Waals surface area contributed by atoms with E-state index in [9.17, 15) is 19.5 Å². The van der Waals surface area contributed by atoms with Crippen LogP contribution in [-0.2, 0) is 29.5 Å². The Labute approximate surface area is 310 Å². The number of thioether (sulfide) groups is 1.